The highest BCUT2D eigenvalue weighted by molar-refractivity contribution is 9.10. The molecule has 0 aliphatic rings. The number of hydrogen-bond acceptors (Lipinski definition) is 2. The van der Waals surface area contributed by atoms with Crippen molar-refractivity contribution in [2.24, 2.45) is 5.73 Å². The summed E-state index contributed by atoms with van der Waals surface area (Å²) in [5, 5.41) is 2.98. The number of nitrogens with two attached hydrogens (primary N) is 1. The summed E-state index contributed by atoms with van der Waals surface area (Å²) in [5.74, 6) is -0.0796. The first kappa shape index (κ1) is 14.8. The van der Waals surface area contributed by atoms with Crippen LogP contribution in [0, 0.1) is 0 Å². The van der Waals surface area contributed by atoms with Crippen LogP contribution < -0.4 is 11.1 Å². The Morgan fingerprint density at radius 1 is 1.15 bits per heavy atom. The number of rotatable bonds is 4. The van der Waals surface area contributed by atoms with E-state index in [2.05, 4.69) is 21.2 Å². The van der Waals surface area contributed by atoms with E-state index in [1.165, 1.54) is 0 Å². The Bertz CT molecular complexity index is 578. The number of amides is 1. The van der Waals surface area contributed by atoms with Gasteiger partial charge in [-0.05, 0) is 42.3 Å². The molecule has 1 amide bonds. The van der Waals surface area contributed by atoms with Crippen LogP contribution in [0.3, 0.4) is 0 Å². The molecule has 2 aromatic rings. The van der Waals surface area contributed by atoms with Crippen molar-refractivity contribution in [3.63, 3.8) is 0 Å². The van der Waals surface area contributed by atoms with Crippen molar-refractivity contribution in [3.05, 3.63) is 69.7 Å². The molecule has 0 saturated carbocycles. The fourth-order valence-corrected chi connectivity index (χ4v) is 2.17. The highest BCUT2D eigenvalue weighted by Gasteiger charge is 2.11. The number of nitrogens with one attached hydrogen (secondary N) is 1. The lowest BCUT2D eigenvalue weighted by Gasteiger charge is -2.14. The number of benzene rings is 2. The van der Waals surface area contributed by atoms with Crippen molar-refractivity contribution in [1.29, 1.82) is 0 Å². The zero-order chi connectivity index (χ0) is 14.5. The van der Waals surface area contributed by atoms with Gasteiger partial charge in [-0.1, -0.05) is 40.2 Å². The predicted octanol–water partition coefficient (Wildman–Crippen LogP) is 3.40. The molecule has 0 saturated heterocycles. The molecule has 0 fully saturated rings. The van der Waals surface area contributed by atoms with Crippen molar-refractivity contribution >= 4 is 21.8 Å². The van der Waals surface area contributed by atoms with Crippen LogP contribution in [0.1, 0.15) is 34.5 Å². The Morgan fingerprint density at radius 2 is 1.75 bits per heavy atom. The maximum Gasteiger partial charge on any atom is 0.251 e. The average molecular weight is 333 g/mol. The van der Waals surface area contributed by atoms with Gasteiger partial charge in [-0.25, -0.2) is 0 Å². The number of carbonyl (C=O) groups is 1. The van der Waals surface area contributed by atoms with Gasteiger partial charge in [0, 0.05) is 16.6 Å². The molecule has 3 nitrogen and oxygen atoms in total. The van der Waals surface area contributed by atoms with Gasteiger partial charge in [0.25, 0.3) is 5.91 Å². The molecule has 2 aromatic carbocycles. The summed E-state index contributed by atoms with van der Waals surface area (Å²) in [6, 6.07) is 15.2. The molecule has 0 unspecified atom stereocenters. The third-order valence-corrected chi connectivity index (χ3v) is 3.70. The van der Waals surface area contributed by atoms with Crippen LogP contribution in [0.15, 0.2) is 53.0 Å². The fourth-order valence-electron chi connectivity index (χ4n) is 1.91. The smallest absolute Gasteiger partial charge is 0.251 e. The second-order valence-corrected chi connectivity index (χ2v) is 5.56. The highest BCUT2D eigenvalue weighted by atomic mass is 79.9. The SMILES string of the molecule is C[C@@H](NC(=O)c1ccc(CN)cc1)c1ccc(Br)cc1. The van der Waals surface area contributed by atoms with E-state index in [1.807, 2.05) is 43.3 Å². The van der Waals surface area contributed by atoms with Gasteiger partial charge in [0.05, 0.1) is 6.04 Å². The summed E-state index contributed by atoms with van der Waals surface area (Å²) >= 11 is 3.40. The van der Waals surface area contributed by atoms with Crippen LogP contribution in [-0.2, 0) is 6.54 Å². The minimum atomic E-state index is -0.0796. The molecule has 0 bridgehead atoms. The molecule has 0 aliphatic carbocycles. The minimum Gasteiger partial charge on any atom is -0.346 e. The number of carbonyl (C=O) groups excluding carboxylic acids is 1. The van der Waals surface area contributed by atoms with E-state index in [0.717, 1.165) is 15.6 Å². The Hall–Kier alpha value is -1.65. The van der Waals surface area contributed by atoms with Gasteiger partial charge < -0.3 is 11.1 Å². The van der Waals surface area contributed by atoms with E-state index >= 15 is 0 Å². The summed E-state index contributed by atoms with van der Waals surface area (Å²) in [5.41, 5.74) is 8.27. The van der Waals surface area contributed by atoms with Crippen molar-refractivity contribution in [1.82, 2.24) is 5.32 Å². The molecule has 20 heavy (non-hydrogen) atoms. The summed E-state index contributed by atoms with van der Waals surface area (Å²) in [6.07, 6.45) is 0. The summed E-state index contributed by atoms with van der Waals surface area (Å²) < 4.78 is 1.03. The van der Waals surface area contributed by atoms with Crippen LogP contribution in [-0.4, -0.2) is 5.91 Å². The van der Waals surface area contributed by atoms with Gasteiger partial charge in [-0.15, -0.1) is 0 Å². The molecule has 0 spiro atoms. The maximum atomic E-state index is 12.1. The Balaban J connectivity index is 2.04. The largest absolute Gasteiger partial charge is 0.346 e. The van der Waals surface area contributed by atoms with E-state index < -0.39 is 0 Å². The molecule has 4 heteroatoms. The van der Waals surface area contributed by atoms with Crippen molar-refractivity contribution in [2.45, 2.75) is 19.5 Å². The summed E-state index contributed by atoms with van der Waals surface area (Å²) in [6.45, 7) is 2.45. The lowest BCUT2D eigenvalue weighted by Crippen LogP contribution is -2.26. The molecular weight excluding hydrogens is 316 g/mol. The Morgan fingerprint density at radius 3 is 2.30 bits per heavy atom. The molecule has 2 rings (SSSR count). The van der Waals surface area contributed by atoms with Gasteiger partial charge in [0.1, 0.15) is 0 Å². The highest BCUT2D eigenvalue weighted by Crippen LogP contribution is 2.17. The summed E-state index contributed by atoms with van der Waals surface area (Å²) in [7, 11) is 0. The number of halogens is 1. The minimum absolute atomic E-state index is 0.0372. The van der Waals surface area contributed by atoms with Crippen LogP contribution in [0.25, 0.3) is 0 Å². The Labute approximate surface area is 127 Å². The van der Waals surface area contributed by atoms with Gasteiger partial charge >= 0.3 is 0 Å². The van der Waals surface area contributed by atoms with Crippen LogP contribution in [0.5, 0.6) is 0 Å². The van der Waals surface area contributed by atoms with Crippen molar-refractivity contribution in [2.75, 3.05) is 0 Å². The van der Waals surface area contributed by atoms with E-state index in [4.69, 9.17) is 5.73 Å². The molecule has 0 radical (unpaired) electrons. The van der Waals surface area contributed by atoms with Crippen LogP contribution in [0.2, 0.25) is 0 Å². The number of hydrogen-bond donors (Lipinski definition) is 2. The topological polar surface area (TPSA) is 55.1 Å². The second-order valence-electron chi connectivity index (χ2n) is 4.65. The van der Waals surface area contributed by atoms with Crippen LogP contribution in [0.4, 0.5) is 0 Å². The lowest BCUT2D eigenvalue weighted by molar-refractivity contribution is 0.0940. The quantitative estimate of drug-likeness (QED) is 0.901. The molecule has 104 valence electrons. The second kappa shape index (κ2) is 6.68. The normalized spacial score (nSPS) is 11.9. The van der Waals surface area contributed by atoms with Gasteiger partial charge in [-0.3, -0.25) is 4.79 Å². The fraction of sp³-hybridized carbons (Fsp3) is 0.188. The molecule has 0 heterocycles. The monoisotopic (exact) mass is 332 g/mol. The van der Waals surface area contributed by atoms with Crippen molar-refractivity contribution in [3.8, 4) is 0 Å². The van der Waals surface area contributed by atoms with E-state index in [1.54, 1.807) is 12.1 Å². The van der Waals surface area contributed by atoms with E-state index in [-0.39, 0.29) is 11.9 Å². The lowest BCUT2D eigenvalue weighted by atomic mass is 10.1. The Kier molecular flexibility index (Phi) is 4.93. The molecule has 0 aromatic heterocycles. The van der Waals surface area contributed by atoms with Gasteiger partial charge in [0.2, 0.25) is 0 Å². The summed E-state index contributed by atoms with van der Waals surface area (Å²) in [4.78, 5) is 12.1. The van der Waals surface area contributed by atoms with Crippen LogP contribution >= 0.6 is 15.9 Å². The van der Waals surface area contributed by atoms with E-state index in [9.17, 15) is 4.79 Å². The van der Waals surface area contributed by atoms with Crippen molar-refractivity contribution < 1.29 is 4.79 Å². The third-order valence-electron chi connectivity index (χ3n) is 3.17. The molecule has 1 atom stereocenters. The predicted molar refractivity (Wildman–Crippen MR) is 84.4 cm³/mol. The molecule has 0 aliphatic heterocycles. The van der Waals surface area contributed by atoms with Gasteiger partial charge in [-0.2, -0.15) is 0 Å². The third kappa shape index (κ3) is 3.68. The maximum absolute atomic E-state index is 12.1. The molecule has 3 N–H and O–H groups in total. The first-order valence-electron chi connectivity index (χ1n) is 6.45. The zero-order valence-electron chi connectivity index (χ0n) is 11.3. The average Bonchev–Trinajstić information content (AvgIpc) is 2.48. The standard InChI is InChI=1S/C16H17BrN2O/c1-11(13-6-8-15(17)9-7-13)19-16(20)14-4-2-12(10-18)3-5-14/h2-9,11H,10,18H2,1H3,(H,19,20)/t11-/m1/s1. The van der Waals surface area contributed by atoms with Gasteiger partial charge in [0.15, 0.2) is 0 Å². The first-order chi connectivity index (χ1) is 9.60. The zero-order valence-corrected chi connectivity index (χ0v) is 12.9. The first-order valence-corrected chi connectivity index (χ1v) is 7.25. The molecular formula is C16H17BrN2O. The van der Waals surface area contributed by atoms with E-state index in [0.29, 0.717) is 12.1 Å².